The molecule has 1 N–H and O–H groups in total. The van der Waals surface area contributed by atoms with Crippen molar-refractivity contribution in [1.29, 1.82) is 0 Å². The van der Waals surface area contributed by atoms with Crippen LogP contribution in [0.15, 0.2) is 83.8 Å². The van der Waals surface area contributed by atoms with Crippen LogP contribution < -0.4 is 14.4 Å². The summed E-state index contributed by atoms with van der Waals surface area (Å²) < 4.78 is 33.6. The maximum atomic E-state index is 13.3. The van der Waals surface area contributed by atoms with E-state index in [1.807, 2.05) is 31.2 Å². The number of rotatable bonds is 5. The third-order valence-corrected chi connectivity index (χ3v) is 6.70. The van der Waals surface area contributed by atoms with E-state index < -0.39 is 16.1 Å². The van der Waals surface area contributed by atoms with Crippen molar-refractivity contribution < 1.29 is 17.9 Å². The van der Waals surface area contributed by atoms with Crippen LogP contribution in [0.2, 0.25) is 0 Å². The maximum absolute atomic E-state index is 13.3. The number of benzene rings is 3. The molecule has 1 amide bonds. The maximum Gasteiger partial charge on any atom is 0.264 e. The van der Waals surface area contributed by atoms with Gasteiger partial charge >= 0.3 is 0 Å². The largest absolute Gasteiger partial charge is 0.476 e. The van der Waals surface area contributed by atoms with Crippen molar-refractivity contribution in [3.05, 3.63) is 90.0 Å². The number of nitrogens with one attached hydrogen (secondary N) is 1. The minimum Gasteiger partial charge on any atom is -0.476 e. The molecule has 0 bridgehead atoms. The van der Waals surface area contributed by atoms with Gasteiger partial charge in [0.15, 0.2) is 6.10 Å². The molecule has 0 spiro atoms. The second-order valence-corrected chi connectivity index (χ2v) is 8.99. The molecule has 30 heavy (non-hydrogen) atoms. The Kier molecular flexibility index (Phi) is 5.46. The van der Waals surface area contributed by atoms with Crippen LogP contribution in [0, 0.1) is 6.92 Å². The molecule has 154 valence electrons. The molecule has 0 saturated carbocycles. The molecule has 0 unspecified atom stereocenters. The van der Waals surface area contributed by atoms with Crippen molar-refractivity contribution in [3.8, 4) is 5.75 Å². The molecule has 1 atom stereocenters. The summed E-state index contributed by atoms with van der Waals surface area (Å²) in [6.45, 7) is 2.22. The van der Waals surface area contributed by atoms with E-state index in [0.717, 1.165) is 11.1 Å². The number of hydrogen-bond acceptors (Lipinski definition) is 4. The summed E-state index contributed by atoms with van der Waals surface area (Å²) in [7, 11) is -3.84. The number of carbonyl (C=O) groups excluding carboxylic acids is 1. The van der Waals surface area contributed by atoms with Gasteiger partial charge in [0.25, 0.3) is 15.9 Å². The van der Waals surface area contributed by atoms with Gasteiger partial charge in [0, 0.05) is 6.54 Å². The normalized spacial score (nSPS) is 15.8. The monoisotopic (exact) mass is 422 g/mol. The lowest BCUT2D eigenvalue weighted by molar-refractivity contribution is -0.127. The fourth-order valence-electron chi connectivity index (χ4n) is 3.41. The van der Waals surface area contributed by atoms with Crippen LogP contribution >= 0.6 is 0 Å². The average Bonchev–Trinajstić information content (AvgIpc) is 2.77. The smallest absolute Gasteiger partial charge is 0.264 e. The van der Waals surface area contributed by atoms with Crippen LogP contribution in [0.3, 0.4) is 0 Å². The van der Waals surface area contributed by atoms with Crippen molar-refractivity contribution >= 4 is 21.6 Å². The number of para-hydroxylation sites is 2. The molecular weight excluding hydrogens is 400 g/mol. The number of ether oxygens (including phenoxy) is 1. The number of hydrogen-bond donors (Lipinski definition) is 1. The molecule has 1 aliphatic heterocycles. The number of fused-ring (bicyclic) bond motifs is 1. The Morgan fingerprint density at radius 3 is 2.53 bits per heavy atom. The molecule has 7 heteroatoms. The minimum atomic E-state index is -3.84. The second kappa shape index (κ2) is 8.20. The van der Waals surface area contributed by atoms with Crippen LogP contribution in [0.1, 0.15) is 11.1 Å². The molecule has 3 aromatic rings. The molecule has 0 saturated heterocycles. The molecular formula is C23H22N2O4S. The van der Waals surface area contributed by atoms with E-state index >= 15 is 0 Å². The van der Waals surface area contributed by atoms with Crippen LogP contribution in [0.5, 0.6) is 5.75 Å². The third-order valence-electron chi connectivity index (χ3n) is 4.91. The van der Waals surface area contributed by atoms with Crippen molar-refractivity contribution in [3.63, 3.8) is 0 Å². The highest BCUT2D eigenvalue weighted by atomic mass is 32.2. The van der Waals surface area contributed by atoms with Crippen LogP contribution in [0.25, 0.3) is 0 Å². The van der Waals surface area contributed by atoms with Crippen LogP contribution in [0.4, 0.5) is 5.69 Å². The van der Waals surface area contributed by atoms with Crippen molar-refractivity contribution in [2.24, 2.45) is 0 Å². The SMILES string of the molecule is Cc1cccc(CNC(=O)[C@@H]2CN(S(=O)(=O)c3ccccc3)c3ccccc3O2)c1. The van der Waals surface area contributed by atoms with Gasteiger partial charge in [-0.3, -0.25) is 9.10 Å². The number of aryl methyl sites for hydroxylation is 1. The standard InChI is InChI=1S/C23H22N2O4S/c1-17-8-7-9-18(14-17)15-24-23(26)22-16-25(20-12-5-6-13-21(20)29-22)30(27,28)19-10-3-2-4-11-19/h2-14,22H,15-16H2,1H3,(H,24,26)/t22-/m0/s1. The first kappa shape index (κ1) is 20.0. The molecule has 0 aromatic heterocycles. The van der Waals surface area contributed by atoms with E-state index in [4.69, 9.17) is 4.74 Å². The highest BCUT2D eigenvalue weighted by molar-refractivity contribution is 7.92. The van der Waals surface area contributed by atoms with Crippen molar-refractivity contribution in [1.82, 2.24) is 5.32 Å². The van der Waals surface area contributed by atoms with E-state index in [1.165, 1.54) is 4.31 Å². The van der Waals surface area contributed by atoms with Gasteiger partial charge in [-0.25, -0.2) is 8.42 Å². The van der Waals surface area contributed by atoms with Crippen LogP contribution in [-0.2, 0) is 21.4 Å². The Hall–Kier alpha value is -3.32. The number of sulfonamides is 1. The first-order valence-electron chi connectivity index (χ1n) is 9.62. The quantitative estimate of drug-likeness (QED) is 0.685. The predicted molar refractivity (Wildman–Crippen MR) is 115 cm³/mol. The fourth-order valence-corrected chi connectivity index (χ4v) is 4.91. The third kappa shape index (κ3) is 4.02. The molecule has 0 aliphatic carbocycles. The topological polar surface area (TPSA) is 75.7 Å². The van der Waals surface area contributed by atoms with Gasteiger partial charge in [0.2, 0.25) is 0 Å². The summed E-state index contributed by atoms with van der Waals surface area (Å²) in [5.41, 5.74) is 2.49. The number of amides is 1. The Balaban J connectivity index is 1.59. The Morgan fingerprint density at radius 1 is 1.03 bits per heavy atom. The summed E-state index contributed by atoms with van der Waals surface area (Å²) in [6.07, 6.45) is -0.955. The number of anilines is 1. The second-order valence-electron chi connectivity index (χ2n) is 7.13. The minimum absolute atomic E-state index is 0.103. The van der Waals surface area contributed by atoms with Gasteiger partial charge in [0.05, 0.1) is 17.1 Å². The van der Waals surface area contributed by atoms with E-state index in [-0.39, 0.29) is 17.3 Å². The van der Waals surface area contributed by atoms with E-state index in [1.54, 1.807) is 54.6 Å². The zero-order valence-electron chi connectivity index (χ0n) is 16.5. The summed E-state index contributed by atoms with van der Waals surface area (Å²) in [6, 6.07) is 22.9. The highest BCUT2D eigenvalue weighted by Gasteiger charge is 2.37. The van der Waals surface area contributed by atoms with E-state index in [9.17, 15) is 13.2 Å². The van der Waals surface area contributed by atoms with Gasteiger partial charge in [-0.1, -0.05) is 60.2 Å². The van der Waals surface area contributed by atoms with Crippen molar-refractivity contribution in [2.75, 3.05) is 10.8 Å². The molecule has 1 aliphatic rings. The summed E-state index contributed by atoms with van der Waals surface area (Å²) in [5.74, 6) is -0.00164. The van der Waals surface area contributed by atoms with Gasteiger partial charge in [0.1, 0.15) is 5.75 Å². The Morgan fingerprint density at radius 2 is 1.77 bits per heavy atom. The van der Waals surface area contributed by atoms with E-state index in [2.05, 4.69) is 5.32 Å². The van der Waals surface area contributed by atoms with E-state index in [0.29, 0.717) is 18.0 Å². The highest BCUT2D eigenvalue weighted by Crippen LogP contribution is 2.36. The first-order valence-corrected chi connectivity index (χ1v) is 11.1. The summed E-state index contributed by atoms with van der Waals surface area (Å²) >= 11 is 0. The number of nitrogens with zero attached hydrogens (tertiary/aromatic N) is 1. The molecule has 3 aromatic carbocycles. The van der Waals surface area contributed by atoms with Crippen LogP contribution in [-0.4, -0.2) is 27.0 Å². The fraction of sp³-hybridized carbons (Fsp3) is 0.174. The zero-order valence-corrected chi connectivity index (χ0v) is 17.3. The first-order chi connectivity index (χ1) is 14.4. The number of carbonyl (C=O) groups is 1. The van der Waals surface area contributed by atoms with Crippen molar-refractivity contribution in [2.45, 2.75) is 24.5 Å². The predicted octanol–water partition coefficient (Wildman–Crippen LogP) is 3.27. The summed E-state index contributed by atoms with van der Waals surface area (Å²) in [4.78, 5) is 13.0. The zero-order chi connectivity index (χ0) is 21.1. The molecule has 4 rings (SSSR count). The lowest BCUT2D eigenvalue weighted by atomic mass is 10.1. The lowest BCUT2D eigenvalue weighted by Gasteiger charge is -2.34. The van der Waals surface area contributed by atoms with Gasteiger partial charge in [-0.15, -0.1) is 0 Å². The average molecular weight is 423 g/mol. The summed E-state index contributed by atoms with van der Waals surface area (Å²) in [5, 5.41) is 2.85. The molecule has 6 nitrogen and oxygen atoms in total. The van der Waals surface area contributed by atoms with Gasteiger partial charge < -0.3 is 10.1 Å². The Labute approximate surface area is 176 Å². The molecule has 0 fully saturated rings. The van der Waals surface area contributed by atoms with Gasteiger partial charge in [-0.05, 0) is 36.8 Å². The molecule has 1 heterocycles. The van der Waals surface area contributed by atoms with Gasteiger partial charge in [-0.2, -0.15) is 0 Å². The lowest BCUT2D eigenvalue weighted by Crippen LogP contribution is -2.50. The Bertz CT molecular complexity index is 1160. The molecule has 0 radical (unpaired) electrons.